The van der Waals surface area contributed by atoms with Gasteiger partial charge in [0.2, 0.25) is 0 Å². The summed E-state index contributed by atoms with van der Waals surface area (Å²) in [5.41, 5.74) is 5.76. The topological polar surface area (TPSA) is 34.5 Å². The molecule has 0 saturated heterocycles. The van der Waals surface area contributed by atoms with Crippen molar-refractivity contribution in [2.45, 2.75) is 32.4 Å². The highest BCUT2D eigenvalue weighted by atomic mass is 19.1. The number of esters is 1. The number of halogens is 1. The number of rotatable bonds is 4. The number of ether oxygens (including phenoxy) is 1. The van der Waals surface area contributed by atoms with Gasteiger partial charge in [-0.1, -0.05) is 23.8 Å². The number of carbonyl (C=O) groups excluding carboxylic acids is 1. The average Bonchev–Trinajstić information content (AvgIpc) is 2.98. The number of aromatic nitrogens is 1. The molecule has 1 aliphatic rings. The zero-order valence-corrected chi connectivity index (χ0v) is 16.5. The van der Waals surface area contributed by atoms with E-state index in [1.807, 2.05) is 0 Å². The Morgan fingerprint density at radius 3 is 2.68 bits per heavy atom. The summed E-state index contributed by atoms with van der Waals surface area (Å²) in [6.07, 6.45) is 0.941. The molecule has 1 aliphatic heterocycles. The Balaban J connectivity index is 1.83. The van der Waals surface area contributed by atoms with Crippen LogP contribution in [0.15, 0.2) is 42.5 Å². The predicted molar refractivity (Wildman–Crippen MR) is 108 cm³/mol. The maximum atomic E-state index is 13.4. The van der Waals surface area contributed by atoms with Crippen LogP contribution in [-0.4, -0.2) is 36.1 Å². The number of carbonyl (C=O) groups is 1. The predicted octanol–water partition coefficient (Wildman–Crippen LogP) is 4.03. The third-order valence-electron chi connectivity index (χ3n) is 5.72. The number of aryl methyl sites for hydroxylation is 1. The van der Waals surface area contributed by atoms with Crippen molar-refractivity contribution in [2.75, 3.05) is 20.7 Å². The molecule has 0 bridgehead atoms. The van der Waals surface area contributed by atoms with Gasteiger partial charge < -0.3 is 14.2 Å². The first kappa shape index (κ1) is 18.7. The van der Waals surface area contributed by atoms with Crippen molar-refractivity contribution in [3.63, 3.8) is 0 Å². The molecule has 0 saturated carbocycles. The molecule has 5 heteroatoms. The molecule has 4 rings (SSSR count). The smallest absolute Gasteiger partial charge is 0.314 e. The van der Waals surface area contributed by atoms with Crippen LogP contribution < -0.4 is 0 Å². The number of nitrogens with zero attached hydrogens (tertiary/aromatic N) is 2. The van der Waals surface area contributed by atoms with E-state index in [4.69, 9.17) is 4.74 Å². The lowest BCUT2D eigenvalue weighted by atomic mass is 9.98. The van der Waals surface area contributed by atoms with Gasteiger partial charge in [0.1, 0.15) is 5.82 Å². The van der Waals surface area contributed by atoms with Gasteiger partial charge in [-0.15, -0.1) is 0 Å². The summed E-state index contributed by atoms with van der Waals surface area (Å²) in [5.74, 6) is -1.09. The first-order valence-electron chi connectivity index (χ1n) is 9.60. The van der Waals surface area contributed by atoms with Crippen LogP contribution in [0.3, 0.4) is 0 Å². The molecule has 0 N–H and O–H groups in total. The monoisotopic (exact) mass is 380 g/mol. The number of hydrogen-bond donors (Lipinski definition) is 0. The minimum absolute atomic E-state index is 0.303. The van der Waals surface area contributed by atoms with Crippen LogP contribution in [0.4, 0.5) is 4.39 Å². The van der Waals surface area contributed by atoms with Crippen LogP contribution in [0, 0.1) is 12.7 Å². The molecule has 2 aromatic carbocycles. The molecule has 2 heterocycles. The summed E-state index contributed by atoms with van der Waals surface area (Å²) in [7, 11) is 3.54. The Kier molecular flexibility index (Phi) is 4.94. The highest BCUT2D eigenvalue weighted by Gasteiger charge is 2.27. The molecule has 0 aliphatic carbocycles. The van der Waals surface area contributed by atoms with Gasteiger partial charge in [0.05, 0.1) is 13.0 Å². The molecule has 0 fully saturated rings. The highest BCUT2D eigenvalue weighted by molar-refractivity contribution is 5.87. The van der Waals surface area contributed by atoms with E-state index >= 15 is 0 Å². The third kappa shape index (κ3) is 3.31. The maximum Gasteiger partial charge on any atom is 0.314 e. The minimum atomic E-state index is -0.480. The van der Waals surface area contributed by atoms with Gasteiger partial charge >= 0.3 is 5.97 Å². The molecule has 4 nitrogen and oxygen atoms in total. The lowest BCUT2D eigenvalue weighted by Gasteiger charge is -2.25. The van der Waals surface area contributed by atoms with Crippen molar-refractivity contribution in [3.05, 3.63) is 70.7 Å². The first-order chi connectivity index (χ1) is 13.5. The van der Waals surface area contributed by atoms with E-state index in [1.54, 1.807) is 12.1 Å². The molecule has 146 valence electrons. The van der Waals surface area contributed by atoms with Crippen LogP contribution in [-0.2, 0) is 29.0 Å². The van der Waals surface area contributed by atoms with Crippen LogP contribution in [0.5, 0.6) is 0 Å². The summed E-state index contributed by atoms with van der Waals surface area (Å²) >= 11 is 0. The van der Waals surface area contributed by atoms with Gasteiger partial charge in [0.15, 0.2) is 0 Å². The molecule has 1 unspecified atom stereocenters. The van der Waals surface area contributed by atoms with Gasteiger partial charge in [-0.3, -0.25) is 4.79 Å². The molecule has 0 amide bonds. The van der Waals surface area contributed by atoms with Crippen LogP contribution in [0.25, 0.3) is 10.9 Å². The fourth-order valence-corrected chi connectivity index (χ4v) is 4.24. The molecule has 28 heavy (non-hydrogen) atoms. The van der Waals surface area contributed by atoms with Crippen molar-refractivity contribution < 1.29 is 13.9 Å². The molecule has 0 spiro atoms. The molecular formula is C23H25FN2O2. The Bertz CT molecular complexity index is 1020. The van der Waals surface area contributed by atoms with Gasteiger partial charge in [-0.05, 0) is 49.4 Å². The van der Waals surface area contributed by atoms with E-state index in [2.05, 4.69) is 41.6 Å². The van der Waals surface area contributed by atoms with Crippen LogP contribution >= 0.6 is 0 Å². The molecular weight excluding hydrogens is 355 g/mol. The average molecular weight is 380 g/mol. The second-order valence-electron chi connectivity index (χ2n) is 7.67. The van der Waals surface area contributed by atoms with E-state index in [0.717, 1.165) is 30.6 Å². The van der Waals surface area contributed by atoms with Crippen molar-refractivity contribution >= 4 is 16.9 Å². The molecule has 1 atom stereocenters. The molecule has 0 radical (unpaired) electrons. The number of methoxy groups -OCH3 is 1. The van der Waals surface area contributed by atoms with E-state index in [-0.39, 0.29) is 11.8 Å². The first-order valence-corrected chi connectivity index (χ1v) is 9.60. The number of hydrogen-bond acceptors (Lipinski definition) is 3. The zero-order chi connectivity index (χ0) is 19.8. The van der Waals surface area contributed by atoms with E-state index in [0.29, 0.717) is 6.54 Å². The summed E-state index contributed by atoms with van der Waals surface area (Å²) in [6.45, 7) is 4.48. The molecule has 3 aromatic rings. The van der Waals surface area contributed by atoms with E-state index in [9.17, 15) is 9.18 Å². The zero-order valence-electron chi connectivity index (χ0n) is 16.5. The van der Waals surface area contributed by atoms with Gasteiger partial charge in [0.25, 0.3) is 0 Å². The standard InChI is InChI=1S/C23H25FN2O2/c1-15-4-9-21-18(12-15)20-13-25(2)11-10-22(20)26(21)14-19(23(27)28-3)16-5-7-17(24)8-6-16/h4-9,12,19H,10-11,13-14H2,1-3H3. The minimum Gasteiger partial charge on any atom is -0.468 e. The lowest BCUT2D eigenvalue weighted by Crippen LogP contribution is -2.28. The van der Waals surface area contributed by atoms with Gasteiger partial charge in [0, 0.05) is 42.7 Å². The normalized spacial score (nSPS) is 15.4. The summed E-state index contributed by atoms with van der Waals surface area (Å²) in [5, 5.41) is 1.25. The Morgan fingerprint density at radius 1 is 1.21 bits per heavy atom. The number of fused-ring (bicyclic) bond motifs is 3. The van der Waals surface area contributed by atoms with Crippen molar-refractivity contribution in [1.82, 2.24) is 9.47 Å². The maximum absolute atomic E-state index is 13.4. The summed E-state index contributed by atoms with van der Waals surface area (Å²) in [6, 6.07) is 12.6. The quantitative estimate of drug-likeness (QED) is 0.641. The fourth-order valence-electron chi connectivity index (χ4n) is 4.24. The summed E-state index contributed by atoms with van der Waals surface area (Å²) in [4.78, 5) is 14.9. The number of benzene rings is 2. The van der Waals surface area contributed by atoms with Crippen molar-refractivity contribution in [2.24, 2.45) is 0 Å². The summed E-state index contributed by atoms with van der Waals surface area (Å²) < 4.78 is 20.7. The fraction of sp³-hybridized carbons (Fsp3) is 0.348. The second kappa shape index (κ2) is 7.40. The van der Waals surface area contributed by atoms with Crippen LogP contribution in [0.2, 0.25) is 0 Å². The Morgan fingerprint density at radius 2 is 1.96 bits per heavy atom. The van der Waals surface area contributed by atoms with Gasteiger partial charge in [-0.2, -0.15) is 0 Å². The molecule has 1 aromatic heterocycles. The van der Waals surface area contributed by atoms with Crippen molar-refractivity contribution in [1.29, 1.82) is 0 Å². The lowest BCUT2D eigenvalue weighted by molar-refractivity contribution is -0.142. The van der Waals surface area contributed by atoms with Crippen LogP contribution in [0.1, 0.15) is 28.3 Å². The van der Waals surface area contributed by atoms with E-state index < -0.39 is 5.92 Å². The Labute approximate surface area is 164 Å². The Hall–Kier alpha value is -2.66. The van der Waals surface area contributed by atoms with Crippen molar-refractivity contribution in [3.8, 4) is 0 Å². The number of likely N-dealkylation sites (N-methyl/N-ethyl adjacent to an activating group) is 1. The third-order valence-corrected chi connectivity index (χ3v) is 5.72. The van der Waals surface area contributed by atoms with Gasteiger partial charge in [-0.25, -0.2) is 4.39 Å². The largest absolute Gasteiger partial charge is 0.468 e. The van der Waals surface area contributed by atoms with E-state index in [1.165, 1.54) is 41.4 Å². The SMILES string of the molecule is COC(=O)C(Cn1c2c(c3cc(C)ccc31)CN(C)CC2)c1ccc(F)cc1. The highest BCUT2D eigenvalue weighted by Crippen LogP contribution is 2.33. The second-order valence-corrected chi connectivity index (χ2v) is 7.67.